The highest BCUT2D eigenvalue weighted by molar-refractivity contribution is 7.10. The number of carboxylic acids is 1. The smallest absolute Gasteiger partial charge is 0.308 e. The highest BCUT2D eigenvalue weighted by Crippen LogP contribution is 2.44. The number of carbonyl (C=O) groups is 2. The van der Waals surface area contributed by atoms with Crippen molar-refractivity contribution in [3.63, 3.8) is 0 Å². The number of carboxylic acid groups (broad SMARTS) is 1. The molecule has 1 aliphatic carbocycles. The van der Waals surface area contributed by atoms with Gasteiger partial charge in [0.25, 0.3) is 0 Å². The Morgan fingerprint density at radius 1 is 1.40 bits per heavy atom. The number of aryl methyl sites for hydroxylation is 1. The molecule has 0 bridgehead atoms. The van der Waals surface area contributed by atoms with Gasteiger partial charge in [0.1, 0.15) is 0 Å². The third kappa shape index (κ3) is 2.35. The molecule has 0 aromatic carbocycles. The molecule has 0 radical (unpaired) electrons. The number of thiophene rings is 1. The lowest BCUT2D eigenvalue weighted by molar-refractivity contribution is -0.146. The van der Waals surface area contributed by atoms with Gasteiger partial charge in [0.05, 0.1) is 12.0 Å². The molecular weight excluding hydrogens is 274 g/mol. The molecule has 1 N–H and O–H groups in total. The van der Waals surface area contributed by atoms with Crippen LogP contribution in [0.4, 0.5) is 0 Å². The topological polar surface area (TPSA) is 57.6 Å². The maximum absolute atomic E-state index is 12.4. The zero-order valence-corrected chi connectivity index (χ0v) is 12.4. The summed E-state index contributed by atoms with van der Waals surface area (Å²) in [6.45, 7) is 2.01. The number of likely N-dealkylation sites (tertiary alicyclic amines) is 1. The van der Waals surface area contributed by atoms with Crippen molar-refractivity contribution in [1.29, 1.82) is 0 Å². The van der Waals surface area contributed by atoms with E-state index in [-0.39, 0.29) is 18.0 Å². The fourth-order valence-corrected chi connectivity index (χ4v) is 4.24. The number of hydrogen-bond donors (Lipinski definition) is 1. The predicted molar refractivity (Wildman–Crippen MR) is 76.6 cm³/mol. The van der Waals surface area contributed by atoms with E-state index in [4.69, 9.17) is 0 Å². The van der Waals surface area contributed by atoms with Gasteiger partial charge in [-0.05, 0) is 49.6 Å². The van der Waals surface area contributed by atoms with Crippen molar-refractivity contribution in [2.75, 3.05) is 0 Å². The summed E-state index contributed by atoms with van der Waals surface area (Å²) in [5, 5.41) is 11.6. The second kappa shape index (κ2) is 5.20. The number of aliphatic carboxylic acids is 1. The summed E-state index contributed by atoms with van der Waals surface area (Å²) in [4.78, 5) is 27.1. The first-order chi connectivity index (χ1) is 9.59. The Balaban J connectivity index is 2.05. The first kappa shape index (κ1) is 13.6. The van der Waals surface area contributed by atoms with Crippen LogP contribution in [0.1, 0.15) is 48.6 Å². The van der Waals surface area contributed by atoms with Crippen LogP contribution in [0, 0.1) is 12.8 Å². The monoisotopic (exact) mass is 293 g/mol. The lowest BCUT2D eigenvalue weighted by atomic mass is 9.92. The van der Waals surface area contributed by atoms with E-state index in [0.29, 0.717) is 19.3 Å². The van der Waals surface area contributed by atoms with Crippen molar-refractivity contribution in [2.45, 2.75) is 51.1 Å². The quantitative estimate of drug-likeness (QED) is 0.932. The first-order valence-electron chi connectivity index (χ1n) is 7.17. The number of nitrogens with zero attached hydrogens (tertiary/aromatic N) is 1. The molecule has 1 amide bonds. The van der Waals surface area contributed by atoms with Gasteiger partial charge in [0, 0.05) is 17.3 Å². The summed E-state index contributed by atoms with van der Waals surface area (Å²) < 4.78 is 0. The van der Waals surface area contributed by atoms with Gasteiger partial charge in [-0.1, -0.05) is 0 Å². The largest absolute Gasteiger partial charge is 0.481 e. The van der Waals surface area contributed by atoms with Gasteiger partial charge in [-0.15, -0.1) is 11.3 Å². The van der Waals surface area contributed by atoms with E-state index in [2.05, 4.69) is 0 Å². The summed E-state index contributed by atoms with van der Waals surface area (Å²) in [5.74, 6) is -1.11. The molecule has 1 aromatic rings. The van der Waals surface area contributed by atoms with Crippen LogP contribution in [0.15, 0.2) is 11.4 Å². The van der Waals surface area contributed by atoms with Gasteiger partial charge in [-0.25, -0.2) is 0 Å². The fraction of sp³-hybridized carbons (Fsp3) is 0.600. The highest BCUT2D eigenvalue weighted by Gasteiger charge is 2.45. The van der Waals surface area contributed by atoms with Gasteiger partial charge in [0.15, 0.2) is 0 Å². The zero-order valence-electron chi connectivity index (χ0n) is 11.5. The average Bonchev–Trinajstić information content (AvgIpc) is 3.15. The van der Waals surface area contributed by atoms with Crippen LogP contribution in [-0.4, -0.2) is 27.9 Å². The minimum atomic E-state index is -0.775. The van der Waals surface area contributed by atoms with Crippen molar-refractivity contribution in [3.05, 3.63) is 21.9 Å². The summed E-state index contributed by atoms with van der Waals surface area (Å²) in [5.41, 5.74) is 1.10. The Kier molecular flexibility index (Phi) is 3.54. The second-order valence-corrected chi connectivity index (χ2v) is 6.73. The van der Waals surface area contributed by atoms with E-state index in [1.165, 1.54) is 0 Å². The minimum Gasteiger partial charge on any atom is -0.481 e. The maximum atomic E-state index is 12.4. The molecule has 5 heteroatoms. The summed E-state index contributed by atoms with van der Waals surface area (Å²) >= 11 is 1.58. The van der Waals surface area contributed by atoms with Gasteiger partial charge in [-0.2, -0.15) is 0 Å². The van der Waals surface area contributed by atoms with Crippen LogP contribution in [0.2, 0.25) is 0 Å². The molecule has 2 fully saturated rings. The average molecular weight is 293 g/mol. The Morgan fingerprint density at radius 3 is 2.70 bits per heavy atom. The second-order valence-electron chi connectivity index (χ2n) is 5.78. The highest BCUT2D eigenvalue weighted by atomic mass is 32.1. The Morgan fingerprint density at radius 2 is 2.15 bits per heavy atom. The number of hydrogen-bond acceptors (Lipinski definition) is 3. The van der Waals surface area contributed by atoms with Gasteiger partial charge < -0.3 is 10.0 Å². The van der Waals surface area contributed by atoms with Crippen molar-refractivity contribution >= 4 is 23.2 Å². The van der Waals surface area contributed by atoms with E-state index in [9.17, 15) is 14.7 Å². The molecule has 2 atom stereocenters. The van der Waals surface area contributed by atoms with Crippen molar-refractivity contribution in [2.24, 2.45) is 5.92 Å². The standard InChI is InChI=1S/C15H19NO3S/c1-9-7-8-20-14(9)13-11(15(18)19)3-2-4-12(17)16(13)10-5-6-10/h7-8,10-11,13H,2-6H2,1H3,(H,18,19). The Labute approximate surface area is 122 Å². The molecule has 2 aliphatic rings. The van der Waals surface area contributed by atoms with E-state index >= 15 is 0 Å². The van der Waals surface area contributed by atoms with Crippen molar-refractivity contribution in [1.82, 2.24) is 4.90 Å². The molecule has 3 rings (SSSR count). The third-order valence-electron chi connectivity index (χ3n) is 4.30. The predicted octanol–water partition coefficient (Wildman–Crippen LogP) is 2.97. The third-order valence-corrected chi connectivity index (χ3v) is 5.39. The Bertz CT molecular complexity index is 535. The van der Waals surface area contributed by atoms with Crippen LogP contribution in [-0.2, 0) is 9.59 Å². The molecule has 2 heterocycles. The number of amides is 1. The molecule has 1 saturated carbocycles. The van der Waals surface area contributed by atoms with Crippen molar-refractivity contribution < 1.29 is 14.7 Å². The zero-order chi connectivity index (χ0) is 14.3. The molecule has 1 aromatic heterocycles. The number of rotatable bonds is 3. The molecular formula is C15H19NO3S. The van der Waals surface area contributed by atoms with Crippen LogP contribution in [0.3, 0.4) is 0 Å². The van der Waals surface area contributed by atoms with Crippen LogP contribution in [0.25, 0.3) is 0 Å². The van der Waals surface area contributed by atoms with E-state index in [1.54, 1.807) is 11.3 Å². The molecule has 0 spiro atoms. The van der Waals surface area contributed by atoms with Crippen molar-refractivity contribution in [3.8, 4) is 0 Å². The molecule has 20 heavy (non-hydrogen) atoms. The molecule has 4 nitrogen and oxygen atoms in total. The lowest BCUT2D eigenvalue weighted by Gasteiger charge is -2.33. The maximum Gasteiger partial charge on any atom is 0.308 e. The molecule has 108 valence electrons. The SMILES string of the molecule is Cc1ccsc1C1C(C(=O)O)CCCC(=O)N1C1CC1. The Hall–Kier alpha value is -1.36. The van der Waals surface area contributed by atoms with Crippen LogP contribution >= 0.6 is 11.3 Å². The van der Waals surface area contributed by atoms with E-state index in [0.717, 1.165) is 23.3 Å². The summed E-state index contributed by atoms with van der Waals surface area (Å²) in [6, 6.07) is 2.00. The van der Waals surface area contributed by atoms with Gasteiger partial charge >= 0.3 is 5.97 Å². The van der Waals surface area contributed by atoms with Gasteiger partial charge in [-0.3, -0.25) is 9.59 Å². The summed E-state index contributed by atoms with van der Waals surface area (Å²) in [6.07, 6.45) is 3.78. The van der Waals surface area contributed by atoms with E-state index < -0.39 is 11.9 Å². The summed E-state index contributed by atoms with van der Waals surface area (Å²) in [7, 11) is 0. The number of carbonyl (C=O) groups excluding carboxylic acids is 1. The van der Waals surface area contributed by atoms with Gasteiger partial charge in [0.2, 0.25) is 5.91 Å². The van der Waals surface area contributed by atoms with E-state index in [1.807, 2.05) is 23.3 Å². The molecule has 1 aliphatic heterocycles. The van der Waals surface area contributed by atoms with Crippen LogP contribution in [0.5, 0.6) is 0 Å². The molecule has 1 saturated heterocycles. The minimum absolute atomic E-state index is 0.133. The van der Waals surface area contributed by atoms with Crippen LogP contribution < -0.4 is 0 Å². The fourth-order valence-electron chi connectivity index (χ4n) is 3.15. The normalized spacial score (nSPS) is 27.4. The first-order valence-corrected chi connectivity index (χ1v) is 8.05. The lowest BCUT2D eigenvalue weighted by Crippen LogP contribution is -2.40. The molecule has 2 unspecified atom stereocenters.